The highest BCUT2D eigenvalue weighted by atomic mass is 79.9. The van der Waals surface area contributed by atoms with Gasteiger partial charge in [-0.05, 0) is 17.7 Å². The van der Waals surface area contributed by atoms with E-state index in [1.54, 1.807) is 6.92 Å². The van der Waals surface area contributed by atoms with Gasteiger partial charge in [0, 0.05) is 17.9 Å². The number of nitrogens with zero attached hydrogens (tertiary/aromatic N) is 2. The third-order valence-electron chi connectivity index (χ3n) is 2.71. The van der Waals surface area contributed by atoms with Gasteiger partial charge in [-0.2, -0.15) is 4.98 Å². The van der Waals surface area contributed by atoms with Crippen LogP contribution < -0.4 is 14.8 Å². The first-order chi connectivity index (χ1) is 9.22. The van der Waals surface area contributed by atoms with E-state index in [1.807, 2.05) is 12.1 Å². The fraction of sp³-hybridized carbons (Fsp3) is 0.333. The molecule has 0 bridgehead atoms. The van der Waals surface area contributed by atoms with E-state index in [9.17, 15) is 0 Å². The number of hydrogen-bond acceptors (Lipinski definition) is 6. The molecule has 1 aromatic heterocycles. The highest BCUT2D eigenvalue weighted by Crippen LogP contribution is 2.36. The largest absolute Gasteiger partial charge is 0.454 e. The van der Waals surface area contributed by atoms with Gasteiger partial charge in [0.1, 0.15) is 0 Å². The first-order valence-electron chi connectivity index (χ1n) is 5.80. The standard InChI is InChI=1S/C12H12BrN3O3/c1-7-15-12(16-19-7)5-14-4-8-2-10-11(3-9(8)13)18-6-17-10/h2-3,14H,4-6H2,1H3. The van der Waals surface area contributed by atoms with E-state index in [-0.39, 0.29) is 6.79 Å². The number of ether oxygens (including phenoxy) is 2. The summed E-state index contributed by atoms with van der Waals surface area (Å²) in [6.07, 6.45) is 0. The van der Waals surface area contributed by atoms with E-state index in [0.717, 1.165) is 21.5 Å². The lowest BCUT2D eigenvalue weighted by atomic mass is 10.2. The smallest absolute Gasteiger partial charge is 0.231 e. The first-order valence-corrected chi connectivity index (χ1v) is 6.59. The summed E-state index contributed by atoms with van der Waals surface area (Å²) in [5, 5.41) is 7.07. The Morgan fingerprint density at radius 1 is 1.26 bits per heavy atom. The first kappa shape index (κ1) is 12.4. The molecule has 0 amide bonds. The molecule has 2 heterocycles. The van der Waals surface area contributed by atoms with Gasteiger partial charge < -0.3 is 19.3 Å². The van der Waals surface area contributed by atoms with E-state index in [4.69, 9.17) is 14.0 Å². The third kappa shape index (κ3) is 2.71. The van der Waals surface area contributed by atoms with Crippen LogP contribution in [-0.4, -0.2) is 16.9 Å². The second kappa shape index (κ2) is 5.18. The number of benzene rings is 1. The molecule has 0 aliphatic carbocycles. The quantitative estimate of drug-likeness (QED) is 0.928. The molecule has 0 atom stereocenters. The predicted molar refractivity (Wildman–Crippen MR) is 69.8 cm³/mol. The van der Waals surface area contributed by atoms with Crippen LogP contribution in [0.5, 0.6) is 11.5 Å². The highest BCUT2D eigenvalue weighted by Gasteiger charge is 2.16. The Bertz CT molecular complexity index is 600. The summed E-state index contributed by atoms with van der Waals surface area (Å²) in [6, 6.07) is 3.87. The van der Waals surface area contributed by atoms with Crippen LogP contribution in [0.2, 0.25) is 0 Å². The summed E-state index contributed by atoms with van der Waals surface area (Å²) < 4.78 is 16.5. The van der Waals surface area contributed by atoms with Gasteiger partial charge >= 0.3 is 0 Å². The van der Waals surface area contributed by atoms with Gasteiger partial charge in [-0.3, -0.25) is 0 Å². The zero-order chi connectivity index (χ0) is 13.2. The van der Waals surface area contributed by atoms with Gasteiger partial charge in [0.15, 0.2) is 17.3 Å². The lowest BCUT2D eigenvalue weighted by Crippen LogP contribution is -2.14. The Labute approximate surface area is 118 Å². The number of halogens is 1. The molecule has 0 saturated heterocycles. The van der Waals surface area contributed by atoms with E-state index >= 15 is 0 Å². The van der Waals surface area contributed by atoms with Crippen molar-refractivity contribution in [2.45, 2.75) is 20.0 Å². The lowest BCUT2D eigenvalue weighted by molar-refractivity contribution is 0.174. The van der Waals surface area contributed by atoms with Gasteiger partial charge in [-0.25, -0.2) is 0 Å². The molecule has 0 fully saturated rings. The van der Waals surface area contributed by atoms with Crippen molar-refractivity contribution in [3.63, 3.8) is 0 Å². The van der Waals surface area contributed by atoms with Crippen LogP contribution in [0.25, 0.3) is 0 Å². The Hall–Kier alpha value is -1.60. The van der Waals surface area contributed by atoms with Crippen molar-refractivity contribution in [3.8, 4) is 11.5 Å². The normalized spacial score (nSPS) is 12.9. The van der Waals surface area contributed by atoms with Crippen molar-refractivity contribution in [2.75, 3.05) is 6.79 Å². The third-order valence-corrected chi connectivity index (χ3v) is 3.45. The molecule has 19 heavy (non-hydrogen) atoms. The molecule has 0 saturated carbocycles. The van der Waals surface area contributed by atoms with Crippen LogP contribution in [-0.2, 0) is 13.1 Å². The number of nitrogens with one attached hydrogen (secondary N) is 1. The Morgan fingerprint density at radius 3 is 2.79 bits per heavy atom. The minimum absolute atomic E-state index is 0.279. The Balaban J connectivity index is 1.64. The second-order valence-electron chi connectivity index (χ2n) is 4.13. The Kier molecular flexibility index (Phi) is 3.39. The van der Waals surface area contributed by atoms with Gasteiger partial charge in [0.2, 0.25) is 12.7 Å². The summed E-state index contributed by atoms with van der Waals surface area (Å²) >= 11 is 3.52. The van der Waals surface area contributed by atoms with Crippen molar-refractivity contribution in [1.29, 1.82) is 0 Å². The predicted octanol–water partition coefficient (Wildman–Crippen LogP) is 2.16. The van der Waals surface area contributed by atoms with Crippen LogP contribution >= 0.6 is 15.9 Å². The van der Waals surface area contributed by atoms with Crippen LogP contribution in [0, 0.1) is 6.92 Å². The van der Waals surface area contributed by atoms with Crippen LogP contribution in [0.1, 0.15) is 17.3 Å². The fourth-order valence-electron chi connectivity index (χ4n) is 1.82. The van der Waals surface area contributed by atoms with E-state index < -0.39 is 0 Å². The number of hydrogen-bond donors (Lipinski definition) is 1. The van der Waals surface area contributed by atoms with E-state index in [2.05, 4.69) is 31.4 Å². The summed E-state index contributed by atoms with van der Waals surface area (Å²) in [5.41, 5.74) is 1.09. The number of aryl methyl sites for hydroxylation is 1. The van der Waals surface area contributed by atoms with Crippen molar-refractivity contribution in [2.24, 2.45) is 0 Å². The molecule has 2 aromatic rings. The van der Waals surface area contributed by atoms with Gasteiger partial charge in [0.25, 0.3) is 0 Å². The van der Waals surface area contributed by atoms with Crippen LogP contribution in [0.4, 0.5) is 0 Å². The molecule has 7 heteroatoms. The second-order valence-corrected chi connectivity index (χ2v) is 4.98. The van der Waals surface area contributed by atoms with Gasteiger partial charge in [0.05, 0.1) is 6.54 Å². The minimum Gasteiger partial charge on any atom is -0.454 e. The molecule has 1 aliphatic heterocycles. The summed E-state index contributed by atoms with van der Waals surface area (Å²) in [6.45, 7) is 3.27. The molecule has 1 N–H and O–H groups in total. The maximum Gasteiger partial charge on any atom is 0.231 e. The molecular formula is C12H12BrN3O3. The molecule has 0 spiro atoms. The topological polar surface area (TPSA) is 69.4 Å². The Morgan fingerprint density at radius 2 is 2.05 bits per heavy atom. The summed E-state index contributed by atoms with van der Waals surface area (Å²) in [4.78, 5) is 4.13. The van der Waals surface area contributed by atoms with Crippen molar-refractivity contribution in [3.05, 3.63) is 33.9 Å². The molecule has 6 nitrogen and oxygen atoms in total. The number of aromatic nitrogens is 2. The average Bonchev–Trinajstić information content (AvgIpc) is 2.98. The molecule has 1 aromatic carbocycles. The maximum absolute atomic E-state index is 5.35. The molecule has 0 unspecified atom stereocenters. The van der Waals surface area contributed by atoms with Gasteiger partial charge in [-0.15, -0.1) is 0 Å². The van der Waals surface area contributed by atoms with Crippen LogP contribution in [0.3, 0.4) is 0 Å². The zero-order valence-electron chi connectivity index (χ0n) is 10.3. The monoisotopic (exact) mass is 325 g/mol. The maximum atomic E-state index is 5.35. The van der Waals surface area contributed by atoms with Gasteiger partial charge in [-0.1, -0.05) is 21.1 Å². The molecule has 0 radical (unpaired) electrons. The van der Waals surface area contributed by atoms with Crippen LogP contribution in [0.15, 0.2) is 21.1 Å². The molecular weight excluding hydrogens is 314 g/mol. The SMILES string of the molecule is Cc1nc(CNCc2cc3c(cc2Br)OCO3)no1. The highest BCUT2D eigenvalue weighted by molar-refractivity contribution is 9.10. The molecule has 3 rings (SSSR count). The fourth-order valence-corrected chi connectivity index (χ4v) is 2.28. The number of rotatable bonds is 4. The zero-order valence-corrected chi connectivity index (χ0v) is 11.9. The van der Waals surface area contributed by atoms with Crippen molar-refractivity contribution in [1.82, 2.24) is 15.5 Å². The summed E-state index contributed by atoms with van der Waals surface area (Å²) in [7, 11) is 0. The lowest BCUT2D eigenvalue weighted by Gasteiger charge is -2.06. The summed E-state index contributed by atoms with van der Waals surface area (Å²) in [5.74, 6) is 2.76. The molecule has 100 valence electrons. The van der Waals surface area contributed by atoms with E-state index in [0.29, 0.717) is 24.8 Å². The minimum atomic E-state index is 0.279. The van der Waals surface area contributed by atoms with E-state index in [1.165, 1.54) is 0 Å². The van der Waals surface area contributed by atoms with Crippen molar-refractivity contribution >= 4 is 15.9 Å². The molecule has 1 aliphatic rings. The van der Waals surface area contributed by atoms with Crippen molar-refractivity contribution < 1.29 is 14.0 Å². The number of fused-ring (bicyclic) bond motifs is 1. The average molecular weight is 326 g/mol.